The zero-order valence-electron chi connectivity index (χ0n) is 16.9. The highest BCUT2D eigenvalue weighted by Crippen LogP contribution is 2.42. The number of hydrogen-bond acceptors (Lipinski definition) is 2. The number of aryl methyl sites for hydroxylation is 1. The summed E-state index contributed by atoms with van der Waals surface area (Å²) in [7, 11) is 0. The fourth-order valence-electron chi connectivity index (χ4n) is 3.40. The summed E-state index contributed by atoms with van der Waals surface area (Å²) in [5.74, 6) is -0.825. The van der Waals surface area contributed by atoms with Crippen LogP contribution >= 0.6 is 34.8 Å². The Bertz CT molecular complexity index is 975. The normalized spacial score (nSPS) is 14.0. The molecule has 32 heavy (non-hydrogen) atoms. The number of carbonyl (C=O) groups excluding carboxylic acids is 1. The van der Waals surface area contributed by atoms with E-state index < -0.39 is 17.7 Å². The van der Waals surface area contributed by atoms with Crippen LogP contribution in [0.3, 0.4) is 0 Å². The standard InChI is InChI=1S/C21H21Cl3F4N2O2/c22-5-3-12-19(16(4-6-23)30-20(12)21(26,27)28)13-7-17(14(24)8-15(13)25)32-10-18(31)29-9-11-1-2-11/h7-8,11,30H,1-6,9-10H2,(H,29,31). The molecular weight excluding hydrogens is 495 g/mol. The molecule has 0 unspecified atom stereocenters. The van der Waals surface area contributed by atoms with Crippen molar-refractivity contribution in [2.75, 3.05) is 24.9 Å². The summed E-state index contributed by atoms with van der Waals surface area (Å²) in [5, 5.41) is 2.62. The number of hydrogen-bond donors (Lipinski definition) is 2. The highest BCUT2D eigenvalue weighted by molar-refractivity contribution is 6.32. The molecular formula is C21H21Cl3F4N2O2. The molecule has 0 aliphatic heterocycles. The lowest BCUT2D eigenvalue weighted by Gasteiger charge is -2.14. The molecule has 1 amide bonds. The van der Waals surface area contributed by atoms with Crippen LogP contribution in [-0.4, -0.2) is 35.8 Å². The Morgan fingerprint density at radius 1 is 1.19 bits per heavy atom. The van der Waals surface area contributed by atoms with E-state index in [1.807, 2.05) is 0 Å². The van der Waals surface area contributed by atoms with Gasteiger partial charge in [-0.15, -0.1) is 23.2 Å². The molecule has 1 aromatic heterocycles. The molecule has 0 bridgehead atoms. The lowest BCUT2D eigenvalue weighted by molar-refractivity contribution is -0.141. The molecule has 0 saturated heterocycles. The van der Waals surface area contributed by atoms with E-state index in [9.17, 15) is 22.4 Å². The van der Waals surface area contributed by atoms with Gasteiger partial charge in [-0.25, -0.2) is 4.39 Å². The first-order chi connectivity index (χ1) is 15.2. The number of nitrogens with one attached hydrogen (secondary N) is 2. The fourth-order valence-corrected chi connectivity index (χ4v) is 3.98. The number of amides is 1. The van der Waals surface area contributed by atoms with E-state index >= 15 is 0 Å². The molecule has 0 spiro atoms. The van der Waals surface area contributed by atoms with Crippen molar-refractivity contribution < 1.29 is 27.1 Å². The first-order valence-electron chi connectivity index (χ1n) is 9.97. The van der Waals surface area contributed by atoms with Crippen molar-refractivity contribution in [1.29, 1.82) is 0 Å². The van der Waals surface area contributed by atoms with Crippen molar-refractivity contribution in [3.8, 4) is 16.9 Å². The van der Waals surface area contributed by atoms with Crippen molar-refractivity contribution in [3.63, 3.8) is 0 Å². The Balaban J connectivity index is 1.97. The molecule has 1 aromatic carbocycles. The van der Waals surface area contributed by atoms with E-state index in [2.05, 4.69) is 10.3 Å². The third kappa shape index (κ3) is 6.02. The van der Waals surface area contributed by atoms with Crippen molar-refractivity contribution in [1.82, 2.24) is 10.3 Å². The number of ether oxygens (including phenoxy) is 1. The minimum atomic E-state index is -4.69. The number of H-pyrrole nitrogens is 1. The van der Waals surface area contributed by atoms with Crippen molar-refractivity contribution in [2.24, 2.45) is 5.92 Å². The lowest BCUT2D eigenvalue weighted by Crippen LogP contribution is -2.30. The van der Waals surface area contributed by atoms with E-state index in [0.29, 0.717) is 12.5 Å². The summed E-state index contributed by atoms with van der Waals surface area (Å²) in [6.07, 6.45) is -2.65. The Labute approximate surface area is 197 Å². The molecule has 176 valence electrons. The van der Waals surface area contributed by atoms with Crippen LogP contribution < -0.4 is 10.1 Å². The van der Waals surface area contributed by atoms with Crippen molar-refractivity contribution in [3.05, 3.63) is 39.9 Å². The number of benzene rings is 1. The quantitative estimate of drug-likeness (QED) is 0.303. The second kappa shape index (κ2) is 10.5. The van der Waals surface area contributed by atoms with E-state index in [1.165, 1.54) is 6.07 Å². The molecule has 11 heteroatoms. The van der Waals surface area contributed by atoms with Gasteiger partial charge >= 0.3 is 6.18 Å². The number of alkyl halides is 5. The third-order valence-corrected chi connectivity index (χ3v) is 5.76. The summed E-state index contributed by atoms with van der Waals surface area (Å²) in [4.78, 5) is 14.3. The van der Waals surface area contributed by atoms with Gasteiger partial charge in [0.05, 0.1) is 5.02 Å². The van der Waals surface area contributed by atoms with Crippen LogP contribution in [0.2, 0.25) is 5.02 Å². The number of rotatable bonds is 10. The van der Waals surface area contributed by atoms with Crippen LogP contribution in [-0.2, 0) is 23.8 Å². The Morgan fingerprint density at radius 3 is 2.47 bits per heavy atom. The molecule has 1 saturated carbocycles. The van der Waals surface area contributed by atoms with Gasteiger partial charge in [-0.2, -0.15) is 13.2 Å². The van der Waals surface area contributed by atoms with Gasteiger partial charge in [0, 0.05) is 41.5 Å². The number of halogens is 7. The van der Waals surface area contributed by atoms with Crippen LogP contribution in [0.15, 0.2) is 12.1 Å². The second-order valence-electron chi connectivity index (χ2n) is 7.51. The SMILES string of the molecule is O=C(COc1cc(-c2c(CCCl)[nH]c(C(F)(F)F)c2CCCl)c(F)cc1Cl)NCC1CC1. The second-order valence-corrected chi connectivity index (χ2v) is 8.67. The van der Waals surface area contributed by atoms with Crippen LogP contribution in [0, 0.1) is 11.7 Å². The van der Waals surface area contributed by atoms with Crippen LogP contribution in [0.5, 0.6) is 5.75 Å². The molecule has 2 aromatic rings. The van der Waals surface area contributed by atoms with E-state index in [4.69, 9.17) is 39.5 Å². The zero-order valence-corrected chi connectivity index (χ0v) is 19.1. The van der Waals surface area contributed by atoms with E-state index in [0.717, 1.165) is 18.9 Å². The number of carbonyl (C=O) groups is 1. The van der Waals surface area contributed by atoms with Gasteiger partial charge in [-0.05, 0) is 42.9 Å². The summed E-state index contributed by atoms with van der Waals surface area (Å²) < 4.78 is 61.2. The maximum absolute atomic E-state index is 14.9. The van der Waals surface area contributed by atoms with Gasteiger partial charge in [0.25, 0.3) is 5.91 Å². The first kappa shape index (κ1) is 25.0. The molecule has 4 nitrogen and oxygen atoms in total. The van der Waals surface area contributed by atoms with Crippen LogP contribution in [0.1, 0.15) is 29.8 Å². The van der Waals surface area contributed by atoms with Crippen LogP contribution in [0.4, 0.5) is 17.6 Å². The minimum absolute atomic E-state index is 0.0187. The Morgan fingerprint density at radius 2 is 1.88 bits per heavy atom. The average molecular weight is 516 g/mol. The van der Waals surface area contributed by atoms with Gasteiger partial charge in [0.15, 0.2) is 6.61 Å². The first-order valence-corrected chi connectivity index (χ1v) is 11.4. The van der Waals surface area contributed by atoms with Crippen molar-refractivity contribution >= 4 is 40.7 Å². The maximum Gasteiger partial charge on any atom is 0.431 e. The molecule has 2 N–H and O–H groups in total. The van der Waals surface area contributed by atoms with Gasteiger partial charge < -0.3 is 15.0 Å². The summed E-state index contributed by atoms with van der Waals surface area (Å²) in [6, 6.07) is 2.15. The molecule has 0 radical (unpaired) electrons. The van der Waals surface area contributed by atoms with E-state index in [1.54, 1.807) is 0 Å². The monoisotopic (exact) mass is 514 g/mol. The Kier molecular flexibility index (Phi) is 8.22. The third-order valence-electron chi connectivity index (χ3n) is 5.09. The average Bonchev–Trinajstić information content (AvgIpc) is 3.48. The van der Waals surface area contributed by atoms with Gasteiger partial charge in [-0.3, -0.25) is 4.79 Å². The van der Waals surface area contributed by atoms with E-state index in [-0.39, 0.29) is 70.3 Å². The van der Waals surface area contributed by atoms with Crippen LogP contribution in [0.25, 0.3) is 11.1 Å². The molecule has 1 aliphatic carbocycles. The summed E-state index contributed by atoms with van der Waals surface area (Å²) in [6.45, 7) is 0.194. The predicted octanol–water partition coefficient (Wildman–Crippen LogP) is 5.96. The molecule has 0 atom stereocenters. The lowest BCUT2D eigenvalue weighted by atomic mass is 9.96. The smallest absolute Gasteiger partial charge is 0.431 e. The zero-order chi connectivity index (χ0) is 23.5. The molecule has 1 fully saturated rings. The largest absolute Gasteiger partial charge is 0.482 e. The molecule has 3 rings (SSSR count). The number of aromatic nitrogens is 1. The topological polar surface area (TPSA) is 54.1 Å². The highest BCUT2D eigenvalue weighted by atomic mass is 35.5. The van der Waals surface area contributed by atoms with Gasteiger partial charge in [-0.1, -0.05) is 11.6 Å². The highest BCUT2D eigenvalue weighted by Gasteiger charge is 2.38. The molecule has 1 heterocycles. The van der Waals surface area contributed by atoms with Gasteiger partial charge in [0.1, 0.15) is 17.3 Å². The minimum Gasteiger partial charge on any atom is -0.482 e. The summed E-state index contributed by atoms with van der Waals surface area (Å²) in [5.41, 5.74) is -1.15. The summed E-state index contributed by atoms with van der Waals surface area (Å²) >= 11 is 17.6. The maximum atomic E-state index is 14.9. The molecule has 1 aliphatic rings. The van der Waals surface area contributed by atoms with Crippen molar-refractivity contribution in [2.45, 2.75) is 31.9 Å². The van der Waals surface area contributed by atoms with Gasteiger partial charge in [0.2, 0.25) is 0 Å². The Hall–Kier alpha value is -1.64. The fraction of sp³-hybridized carbons (Fsp3) is 0.476. The number of aromatic amines is 1. The predicted molar refractivity (Wildman–Crippen MR) is 116 cm³/mol.